The van der Waals surface area contributed by atoms with E-state index in [4.69, 9.17) is 10.2 Å². The fourth-order valence-electron chi connectivity index (χ4n) is 5.36. The van der Waals surface area contributed by atoms with E-state index in [0.29, 0.717) is 39.9 Å². The standard InChI is InChI=1S/C32H28F2N4O4S2/c1-18(21-5-3-2-4-6-21)23-16-22(10-11-25(23)33)30-24(13-20-9-12-29(26(34)14-20)44(35,41)42)28(15-19-7-8-19)38(37-30)32-36-27(17-43-32)31(39)40/h2-6,9-12,14,16-19H,7-8,13,15H2,1H3,(H,39,40)(H2,35,41,42). The number of halogens is 2. The molecule has 1 unspecified atom stereocenters. The van der Waals surface area contributed by atoms with Gasteiger partial charge >= 0.3 is 5.97 Å². The van der Waals surface area contributed by atoms with Crippen LogP contribution in [0.3, 0.4) is 0 Å². The zero-order valence-electron chi connectivity index (χ0n) is 23.6. The van der Waals surface area contributed by atoms with E-state index in [2.05, 4.69) is 4.98 Å². The molecule has 1 aliphatic carbocycles. The van der Waals surface area contributed by atoms with Gasteiger partial charge in [0.05, 0.1) is 11.4 Å². The number of thiazole rings is 1. The molecule has 1 atom stereocenters. The highest BCUT2D eigenvalue weighted by molar-refractivity contribution is 7.89. The molecule has 1 fully saturated rings. The summed E-state index contributed by atoms with van der Waals surface area (Å²) in [6.45, 7) is 1.92. The Morgan fingerprint density at radius 1 is 1.09 bits per heavy atom. The molecule has 12 heteroatoms. The quantitative estimate of drug-likeness (QED) is 0.185. The summed E-state index contributed by atoms with van der Waals surface area (Å²) in [6, 6.07) is 18.2. The van der Waals surface area contributed by atoms with Crippen molar-refractivity contribution in [2.75, 3.05) is 0 Å². The van der Waals surface area contributed by atoms with Gasteiger partial charge in [0.1, 0.15) is 16.5 Å². The number of hydrogen-bond donors (Lipinski definition) is 2. The zero-order valence-corrected chi connectivity index (χ0v) is 25.2. The van der Waals surface area contributed by atoms with Crippen LogP contribution >= 0.6 is 11.3 Å². The third-order valence-electron chi connectivity index (χ3n) is 7.88. The number of nitrogens with zero attached hydrogens (tertiary/aromatic N) is 3. The fourth-order valence-corrected chi connectivity index (χ4v) is 6.72. The molecule has 226 valence electrons. The molecule has 2 aromatic heterocycles. The molecular formula is C32H28F2N4O4S2. The zero-order chi connectivity index (χ0) is 31.2. The average molecular weight is 635 g/mol. The van der Waals surface area contributed by atoms with Crippen molar-refractivity contribution in [3.05, 3.63) is 117 Å². The summed E-state index contributed by atoms with van der Waals surface area (Å²) in [5, 5.41) is 21.4. The van der Waals surface area contributed by atoms with E-state index in [1.54, 1.807) is 16.8 Å². The number of carbonyl (C=O) groups is 1. The lowest BCUT2D eigenvalue weighted by molar-refractivity contribution is 0.0691. The molecule has 0 aliphatic heterocycles. The van der Waals surface area contributed by atoms with Crippen LogP contribution < -0.4 is 5.14 Å². The van der Waals surface area contributed by atoms with Gasteiger partial charge in [-0.3, -0.25) is 0 Å². The second-order valence-electron chi connectivity index (χ2n) is 11.0. The lowest BCUT2D eigenvalue weighted by Crippen LogP contribution is -2.14. The van der Waals surface area contributed by atoms with Crippen LogP contribution in [0, 0.1) is 17.6 Å². The van der Waals surface area contributed by atoms with Crippen molar-refractivity contribution in [1.29, 1.82) is 0 Å². The number of sulfonamides is 1. The smallest absolute Gasteiger partial charge is 0.355 e. The Kier molecular flexibility index (Phi) is 7.91. The molecule has 0 spiro atoms. The Morgan fingerprint density at radius 3 is 2.48 bits per heavy atom. The van der Waals surface area contributed by atoms with Crippen molar-refractivity contribution in [1.82, 2.24) is 14.8 Å². The number of benzene rings is 3. The second-order valence-corrected chi connectivity index (χ2v) is 13.4. The SMILES string of the molecule is CC(c1ccccc1)c1cc(-c2nn(-c3nc(C(=O)O)cs3)c(CC3CC3)c2Cc2ccc(S(N)(=O)=O)c(F)c2)ccc1F. The van der Waals surface area contributed by atoms with Crippen LogP contribution in [0.5, 0.6) is 0 Å². The lowest BCUT2D eigenvalue weighted by atomic mass is 9.90. The van der Waals surface area contributed by atoms with Gasteiger partial charge in [-0.25, -0.2) is 36.8 Å². The third kappa shape index (κ3) is 6.05. The first-order chi connectivity index (χ1) is 21.0. The molecule has 5 aromatic rings. The number of primary sulfonamides is 1. The third-order valence-corrected chi connectivity index (χ3v) is 9.64. The minimum atomic E-state index is -4.25. The maximum absolute atomic E-state index is 15.3. The van der Waals surface area contributed by atoms with Gasteiger partial charge in [0.25, 0.3) is 0 Å². The predicted molar refractivity (Wildman–Crippen MR) is 163 cm³/mol. The topological polar surface area (TPSA) is 128 Å². The minimum Gasteiger partial charge on any atom is -0.476 e. The molecule has 44 heavy (non-hydrogen) atoms. The van der Waals surface area contributed by atoms with Crippen molar-refractivity contribution < 1.29 is 27.1 Å². The molecular weight excluding hydrogens is 607 g/mol. The Hall–Kier alpha value is -4.26. The molecule has 3 aromatic carbocycles. The van der Waals surface area contributed by atoms with Gasteiger partial charge in [-0.05, 0) is 72.2 Å². The first-order valence-electron chi connectivity index (χ1n) is 14.0. The number of carboxylic acid groups (broad SMARTS) is 1. The van der Waals surface area contributed by atoms with Gasteiger partial charge < -0.3 is 5.11 Å². The molecule has 0 radical (unpaired) electrons. The van der Waals surface area contributed by atoms with E-state index >= 15 is 4.39 Å². The largest absolute Gasteiger partial charge is 0.476 e. The highest BCUT2D eigenvalue weighted by Crippen LogP contribution is 2.39. The molecule has 0 amide bonds. The van der Waals surface area contributed by atoms with Gasteiger partial charge in [-0.2, -0.15) is 5.10 Å². The first-order valence-corrected chi connectivity index (χ1v) is 16.4. The molecule has 8 nitrogen and oxygen atoms in total. The highest BCUT2D eigenvalue weighted by atomic mass is 32.2. The van der Waals surface area contributed by atoms with Gasteiger partial charge in [-0.1, -0.05) is 43.3 Å². The summed E-state index contributed by atoms with van der Waals surface area (Å²) in [6.07, 6.45) is 2.84. The first kappa shape index (κ1) is 29.8. The van der Waals surface area contributed by atoms with Crippen molar-refractivity contribution >= 4 is 27.3 Å². The van der Waals surface area contributed by atoms with E-state index < -0.39 is 26.7 Å². The van der Waals surface area contributed by atoms with Gasteiger partial charge in [0, 0.05) is 28.8 Å². The second kappa shape index (κ2) is 11.7. The van der Waals surface area contributed by atoms with E-state index in [0.717, 1.165) is 53.1 Å². The average Bonchev–Trinajstić information content (AvgIpc) is 3.55. The normalized spacial score (nSPS) is 14.1. The number of hydrogen-bond acceptors (Lipinski definition) is 6. The lowest BCUT2D eigenvalue weighted by Gasteiger charge is -2.15. The molecule has 0 saturated heterocycles. The Labute approximate surface area is 256 Å². The number of carboxylic acids is 1. The van der Waals surface area contributed by atoms with Crippen LogP contribution in [-0.2, 0) is 22.9 Å². The van der Waals surface area contributed by atoms with Gasteiger partial charge in [0.2, 0.25) is 15.2 Å². The van der Waals surface area contributed by atoms with Crippen LogP contribution in [0.4, 0.5) is 8.78 Å². The Bertz CT molecular complexity index is 1990. The van der Waals surface area contributed by atoms with Crippen LogP contribution in [0.25, 0.3) is 16.4 Å². The Morgan fingerprint density at radius 2 is 1.84 bits per heavy atom. The molecule has 6 rings (SSSR count). The van der Waals surface area contributed by atoms with E-state index in [-0.39, 0.29) is 23.8 Å². The van der Waals surface area contributed by atoms with Crippen molar-refractivity contribution in [2.24, 2.45) is 11.1 Å². The van der Waals surface area contributed by atoms with Crippen molar-refractivity contribution in [2.45, 2.75) is 43.4 Å². The predicted octanol–water partition coefficient (Wildman–Crippen LogP) is 6.31. The van der Waals surface area contributed by atoms with Crippen LogP contribution in [-0.4, -0.2) is 34.3 Å². The maximum Gasteiger partial charge on any atom is 0.355 e. The van der Waals surface area contributed by atoms with Crippen LogP contribution in [0.15, 0.2) is 77.0 Å². The van der Waals surface area contributed by atoms with Gasteiger partial charge in [-0.15, -0.1) is 11.3 Å². The molecule has 1 saturated carbocycles. The van der Waals surface area contributed by atoms with Crippen LogP contribution in [0.1, 0.15) is 64.1 Å². The summed E-state index contributed by atoms with van der Waals surface area (Å²) in [4.78, 5) is 15.3. The summed E-state index contributed by atoms with van der Waals surface area (Å²) in [7, 11) is -4.25. The molecule has 0 bridgehead atoms. The van der Waals surface area contributed by atoms with Gasteiger partial charge in [0.15, 0.2) is 5.69 Å². The molecule has 2 heterocycles. The minimum absolute atomic E-state index is 0.109. The van der Waals surface area contributed by atoms with E-state index in [1.807, 2.05) is 37.3 Å². The number of aromatic nitrogens is 3. The molecule has 3 N–H and O–H groups in total. The van der Waals surface area contributed by atoms with E-state index in [1.165, 1.54) is 17.5 Å². The van der Waals surface area contributed by atoms with Crippen molar-refractivity contribution in [3.63, 3.8) is 0 Å². The van der Waals surface area contributed by atoms with Crippen molar-refractivity contribution in [3.8, 4) is 16.4 Å². The number of rotatable bonds is 10. The Balaban J connectivity index is 1.53. The summed E-state index contributed by atoms with van der Waals surface area (Å²) < 4.78 is 55.4. The summed E-state index contributed by atoms with van der Waals surface area (Å²) in [5.41, 5.74) is 4.46. The molecule has 1 aliphatic rings. The van der Waals surface area contributed by atoms with E-state index in [9.17, 15) is 22.7 Å². The fraction of sp³-hybridized carbons (Fsp3) is 0.219. The number of nitrogens with two attached hydrogens (primary N) is 1. The monoisotopic (exact) mass is 634 g/mol. The number of aromatic carboxylic acids is 1. The van der Waals surface area contributed by atoms with Crippen LogP contribution in [0.2, 0.25) is 0 Å². The highest BCUT2D eigenvalue weighted by Gasteiger charge is 2.30. The maximum atomic E-state index is 15.3. The summed E-state index contributed by atoms with van der Waals surface area (Å²) in [5.74, 6) is -2.36. The summed E-state index contributed by atoms with van der Waals surface area (Å²) >= 11 is 1.14.